The first-order valence-electron chi connectivity index (χ1n) is 6.39. The fourth-order valence-electron chi connectivity index (χ4n) is 2.19. The number of ether oxygens (including phenoxy) is 2. The fraction of sp³-hybridized carbons (Fsp3) is 0.571. The molecule has 1 aliphatic rings. The Balaban J connectivity index is 2.02. The van der Waals surface area contributed by atoms with E-state index in [9.17, 15) is 4.79 Å². The largest absolute Gasteiger partial charge is 0.488 e. The normalized spacial score (nSPS) is 21.3. The molecule has 0 amide bonds. The Morgan fingerprint density at radius 1 is 1.58 bits per heavy atom. The second kappa shape index (κ2) is 5.17. The van der Waals surface area contributed by atoms with Gasteiger partial charge in [0.1, 0.15) is 6.61 Å². The number of carboxylic acid groups (broad SMARTS) is 1. The first kappa shape index (κ1) is 13.8. The highest BCUT2D eigenvalue weighted by Gasteiger charge is 2.32. The first-order valence-corrected chi connectivity index (χ1v) is 6.39. The van der Waals surface area contributed by atoms with Gasteiger partial charge in [0, 0.05) is 5.69 Å². The third-order valence-corrected chi connectivity index (χ3v) is 3.18. The molecule has 0 saturated carbocycles. The maximum atomic E-state index is 11.1. The predicted octanol–water partition coefficient (Wildman–Crippen LogP) is 2.42. The lowest BCUT2D eigenvalue weighted by Gasteiger charge is -2.19. The molecule has 0 aliphatic carbocycles. The van der Waals surface area contributed by atoms with Crippen LogP contribution >= 0.6 is 0 Å². The van der Waals surface area contributed by atoms with Gasteiger partial charge >= 0.3 is 5.97 Å². The third-order valence-electron chi connectivity index (χ3n) is 3.18. The zero-order valence-electron chi connectivity index (χ0n) is 11.5. The zero-order chi connectivity index (χ0) is 14.0. The number of hydrogen-bond donors (Lipinski definition) is 1. The quantitative estimate of drug-likeness (QED) is 0.905. The molecule has 104 valence electrons. The molecular weight excluding hydrogens is 246 g/mol. The third kappa shape index (κ3) is 3.44. The minimum atomic E-state index is -1.08. The molecule has 0 aromatic carbocycles. The lowest BCUT2D eigenvalue weighted by molar-refractivity contribution is -0.0328. The summed E-state index contributed by atoms with van der Waals surface area (Å²) in [6.45, 7) is 6.19. The van der Waals surface area contributed by atoms with Crippen molar-refractivity contribution in [2.45, 2.75) is 45.3 Å². The van der Waals surface area contributed by atoms with Gasteiger partial charge in [-0.2, -0.15) is 0 Å². The molecule has 0 spiro atoms. The van der Waals surface area contributed by atoms with Crippen LogP contribution in [0.15, 0.2) is 12.1 Å². The van der Waals surface area contributed by atoms with E-state index in [1.807, 2.05) is 13.8 Å². The van der Waals surface area contributed by atoms with E-state index >= 15 is 0 Å². The van der Waals surface area contributed by atoms with Gasteiger partial charge in [0.2, 0.25) is 0 Å². The van der Waals surface area contributed by atoms with E-state index in [0.29, 0.717) is 18.1 Å². The molecule has 1 saturated heterocycles. The number of aromatic carboxylic acids is 1. The Bertz CT molecular complexity index is 484. The van der Waals surface area contributed by atoms with Gasteiger partial charge in [0.15, 0.2) is 11.4 Å². The number of pyridine rings is 1. The van der Waals surface area contributed by atoms with Crippen molar-refractivity contribution in [1.29, 1.82) is 0 Å². The summed E-state index contributed by atoms with van der Waals surface area (Å²) < 4.78 is 11.4. The van der Waals surface area contributed by atoms with Gasteiger partial charge < -0.3 is 14.6 Å². The summed E-state index contributed by atoms with van der Waals surface area (Å²) in [6, 6.07) is 3.38. The molecule has 1 unspecified atom stereocenters. The highest BCUT2D eigenvalue weighted by molar-refractivity contribution is 5.88. The topological polar surface area (TPSA) is 68.7 Å². The molecule has 2 rings (SSSR count). The summed E-state index contributed by atoms with van der Waals surface area (Å²) >= 11 is 0. The average Bonchev–Trinajstić information content (AvgIpc) is 2.67. The van der Waals surface area contributed by atoms with Crippen molar-refractivity contribution in [3.8, 4) is 5.75 Å². The Kier molecular flexibility index (Phi) is 3.75. The maximum Gasteiger partial charge on any atom is 0.358 e. The molecule has 19 heavy (non-hydrogen) atoms. The highest BCUT2D eigenvalue weighted by Crippen LogP contribution is 2.30. The number of carbonyl (C=O) groups is 1. The molecule has 0 radical (unpaired) electrons. The van der Waals surface area contributed by atoms with Crippen LogP contribution in [0, 0.1) is 6.92 Å². The number of hydrogen-bond acceptors (Lipinski definition) is 4. The molecule has 5 heteroatoms. The molecule has 2 heterocycles. The lowest BCUT2D eigenvalue weighted by Crippen LogP contribution is -2.24. The van der Waals surface area contributed by atoms with Crippen LogP contribution in [0.1, 0.15) is 42.9 Å². The van der Waals surface area contributed by atoms with E-state index in [0.717, 1.165) is 12.8 Å². The first-order chi connectivity index (χ1) is 8.87. The SMILES string of the molecule is Cc1ccc(OCC2CCC(C)(C)O2)c(C(=O)O)n1. The number of nitrogens with zero attached hydrogens (tertiary/aromatic N) is 1. The van der Waals surface area contributed by atoms with Gasteiger partial charge in [0.25, 0.3) is 0 Å². The van der Waals surface area contributed by atoms with Gasteiger partial charge in [-0.1, -0.05) is 0 Å². The van der Waals surface area contributed by atoms with Gasteiger partial charge in [-0.25, -0.2) is 9.78 Å². The van der Waals surface area contributed by atoms with Crippen LogP contribution in [-0.2, 0) is 4.74 Å². The average molecular weight is 265 g/mol. The molecule has 1 atom stereocenters. The van der Waals surface area contributed by atoms with Crippen LogP contribution in [0.25, 0.3) is 0 Å². The molecule has 0 bridgehead atoms. The van der Waals surface area contributed by atoms with Crippen molar-refractivity contribution >= 4 is 5.97 Å². The van der Waals surface area contributed by atoms with Crippen LogP contribution in [0.2, 0.25) is 0 Å². The van der Waals surface area contributed by atoms with Crippen molar-refractivity contribution in [2.75, 3.05) is 6.61 Å². The molecular formula is C14H19NO4. The van der Waals surface area contributed by atoms with E-state index in [-0.39, 0.29) is 17.4 Å². The van der Waals surface area contributed by atoms with E-state index in [4.69, 9.17) is 14.6 Å². The van der Waals surface area contributed by atoms with E-state index in [1.165, 1.54) is 0 Å². The summed E-state index contributed by atoms with van der Waals surface area (Å²) in [5, 5.41) is 9.09. The second-order valence-electron chi connectivity index (χ2n) is 5.45. The minimum Gasteiger partial charge on any atom is -0.488 e. The summed E-state index contributed by atoms with van der Waals surface area (Å²) in [7, 11) is 0. The monoisotopic (exact) mass is 265 g/mol. The fourth-order valence-corrected chi connectivity index (χ4v) is 2.19. The molecule has 1 aromatic heterocycles. The molecule has 1 N–H and O–H groups in total. The van der Waals surface area contributed by atoms with Gasteiger partial charge in [-0.3, -0.25) is 0 Å². The smallest absolute Gasteiger partial charge is 0.358 e. The Morgan fingerprint density at radius 2 is 2.32 bits per heavy atom. The van der Waals surface area contributed by atoms with Gasteiger partial charge in [0.05, 0.1) is 11.7 Å². The van der Waals surface area contributed by atoms with Crippen molar-refractivity contribution in [3.63, 3.8) is 0 Å². The summed E-state index contributed by atoms with van der Waals surface area (Å²) in [6.07, 6.45) is 1.92. The Morgan fingerprint density at radius 3 is 2.89 bits per heavy atom. The van der Waals surface area contributed by atoms with Crippen LogP contribution in [-0.4, -0.2) is 34.4 Å². The van der Waals surface area contributed by atoms with Gasteiger partial charge in [-0.05, 0) is 45.7 Å². The molecule has 5 nitrogen and oxygen atoms in total. The van der Waals surface area contributed by atoms with E-state index in [1.54, 1.807) is 19.1 Å². The summed E-state index contributed by atoms with van der Waals surface area (Å²) in [4.78, 5) is 15.1. The van der Waals surface area contributed by atoms with Crippen LogP contribution in [0.5, 0.6) is 5.75 Å². The zero-order valence-corrected chi connectivity index (χ0v) is 11.5. The predicted molar refractivity (Wildman–Crippen MR) is 69.6 cm³/mol. The Hall–Kier alpha value is -1.62. The number of carboxylic acids is 1. The van der Waals surface area contributed by atoms with E-state index < -0.39 is 5.97 Å². The number of rotatable bonds is 4. The van der Waals surface area contributed by atoms with Crippen molar-refractivity contribution in [1.82, 2.24) is 4.98 Å². The standard InChI is InChI=1S/C14H19NO4/c1-9-4-5-11(12(15-9)13(16)17)18-8-10-6-7-14(2,3)19-10/h4-5,10H,6-8H2,1-3H3,(H,16,17). The van der Waals surface area contributed by atoms with Crippen molar-refractivity contribution in [3.05, 3.63) is 23.5 Å². The Labute approximate surface area is 112 Å². The molecule has 1 fully saturated rings. The van der Waals surface area contributed by atoms with Crippen LogP contribution < -0.4 is 4.74 Å². The van der Waals surface area contributed by atoms with Gasteiger partial charge in [-0.15, -0.1) is 0 Å². The van der Waals surface area contributed by atoms with Crippen LogP contribution in [0.3, 0.4) is 0 Å². The maximum absolute atomic E-state index is 11.1. The second-order valence-corrected chi connectivity index (χ2v) is 5.45. The highest BCUT2D eigenvalue weighted by atomic mass is 16.6. The van der Waals surface area contributed by atoms with E-state index in [2.05, 4.69) is 4.98 Å². The molecule has 1 aliphatic heterocycles. The summed E-state index contributed by atoms with van der Waals surface area (Å²) in [5.74, 6) is -0.780. The minimum absolute atomic E-state index is 0.0120. The number of aromatic nitrogens is 1. The lowest BCUT2D eigenvalue weighted by atomic mass is 10.1. The van der Waals surface area contributed by atoms with Crippen molar-refractivity contribution < 1.29 is 19.4 Å². The van der Waals surface area contributed by atoms with Crippen LogP contribution in [0.4, 0.5) is 0 Å². The number of aryl methyl sites for hydroxylation is 1. The van der Waals surface area contributed by atoms with Crippen molar-refractivity contribution in [2.24, 2.45) is 0 Å². The summed E-state index contributed by atoms with van der Waals surface area (Å²) in [5.41, 5.74) is 0.495. The molecule has 1 aromatic rings.